The summed E-state index contributed by atoms with van der Waals surface area (Å²) in [6.07, 6.45) is -3.96. The molecule has 1 aliphatic rings. The highest BCUT2D eigenvalue weighted by atomic mass is 19.4. The van der Waals surface area contributed by atoms with Crippen LogP contribution in [0.5, 0.6) is 0 Å². The Hall–Kier alpha value is -3.96. The van der Waals surface area contributed by atoms with Crippen LogP contribution in [0.15, 0.2) is 42.6 Å². The second-order valence-electron chi connectivity index (χ2n) is 7.82. The molecule has 9 nitrogen and oxygen atoms in total. The van der Waals surface area contributed by atoms with E-state index in [-0.39, 0.29) is 12.1 Å². The number of halogens is 3. The van der Waals surface area contributed by atoms with Crippen molar-refractivity contribution < 1.29 is 27.8 Å². The maximum atomic E-state index is 12.9. The SMILES string of the molecule is Cc1cc(Nc2nccc(C(F)(F)F)n2)cc(-c2ccc(N3CCC(OC(=O)O)CC3)nn2)c1. The summed E-state index contributed by atoms with van der Waals surface area (Å²) in [6, 6.07) is 9.82. The molecule has 3 heterocycles. The number of hydrogen-bond acceptors (Lipinski definition) is 8. The minimum absolute atomic E-state index is 0.164. The van der Waals surface area contributed by atoms with Gasteiger partial charge in [0.05, 0.1) is 5.69 Å². The summed E-state index contributed by atoms with van der Waals surface area (Å²) in [5, 5.41) is 20.2. The van der Waals surface area contributed by atoms with Gasteiger partial charge in [0, 0.05) is 43.4 Å². The molecule has 1 aromatic carbocycles. The number of nitrogens with zero attached hydrogens (tertiary/aromatic N) is 5. The normalized spacial score (nSPS) is 14.6. The van der Waals surface area contributed by atoms with Gasteiger partial charge in [-0.3, -0.25) is 0 Å². The van der Waals surface area contributed by atoms with Gasteiger partial charge in [-0.2, -0.15) is 13.2 Å². The van der Waals surface area contributed by atoms with Crippen molar-refractivity contribution in [2.75, 3.05) is 23.3 Å². The topological polar surface area (TPSA) is 113 Å². The first-order chi connectivity index (χ1) is 16.2. The molecule has 1 fully saturated rings. The summed E-state index contributed by atoms with van der Waals surface area (Å²) in [5.74, 6) is 0.504. The fourth-order valence-electron chi connectivity index (χ4n) is 3.70. The Morgan fingerprint density at radius 1 is 1.15 bits per heavy atom. The van der Waals surface area contributed by atoms with Gasteiger partial charge < -0.3 is 20.1 Å². The van der Waals surface area contributed by atoms with E-state index in [4.69, 9.17) is 9.84 Å². The number of anilines is 3. The van der Waals surface area contributed by atoms with Crippen LogP contribution in [0.3, 0.4) is 0 Å². The predicted octanol–water partition coefficient (Wildman–Crippen LogP) is 4.67. The number of carbonyl (C=O) groups is 1. The minimum Gasteiger partial charge on any atom is -0.450 e. The highest BCUT2D eigenvalue weighted by molar-refractivity contribution is 5.69. The van der Waals surface area contributed by atoms with Crippen molar-refractivity contribution in [3.8, 4) is 11.3 Å². The molecule has 0 saturated carbocycles. The number of nitrogens with one attached hydrogen (secondary N) is 1. The molecule has 34 heavy (non-hydrogen) atoms. The third kappa shape index (κ3) is 5.69. The largest absolute Gasteiger partial charge is 0.506 e. The molecule has 0 radical (unpaired) electrons. The van der Waals surface area contributed by atoms with Crippen LogP contribution >= 0.6 is 0 Å². The van der Waals surface area contributed by atoms with Crippen LogP contribution in [-0.4, -0.2) is 50.6 Å². The summed E-state index contributed by atoms with van der Waals surface area (Å²) in [6.45, 7) is 3.05. The zero-order chi connectivity index (χ0) is 24.3. The Morgan fingerprint density at radius 3 is 2.56 bits per heavy atom. The Bertz CT molecular complexity index is 1170. The van der Waals surface area contributed by atoms with Crippen LogP contribution in [0.1, 0.15) is 24.1 Å². The van der Waals surface area contributed by atoms with Crippen molar-refractivity contribution in [2.24, 2.45) is 0 Å². The van der Waals surface area contributed by atoms with Gasteiger partial charge in [-0.25, -0.2) is 14.8 Å². The summed E-state index contributed by atoms with van der Waals surface area (Å²) in [7, 11) is 0. The number of rotatable bonds is 5. The van der Waals surface area contributed by atoms with Gasteiger partial charge >= 0.3 is 12.3 Å². The van der Waals surface area contributed by atoms with E-state index >= 15 is 0 Å². The number of carboxylic acid groups (broad SMARTS) is 1. The molecular formula is C22H21F3N6O3. The van der Waals surface area contributed by atoms with Gasteiger partial charge in [0.1, 0.15) is 11.8 Å². The first kappa shape index (κ1) is 23.2. The Labute approximate surface area is 192 Å². The number of aryl methyl sites for hydroxylation is 1. The highest BCUT2D eigenvalue weighted by Gasteiger charge is 2.32. The van der Waals surface area contributed by atoms with Gasteiger partial charge in [-0.15, -0.1) is 10.2 Å². The van der Waals surface area contributed by atoms with Crippen LogP contribution in [0, 0.1) is 6.92 Å². The molecule has 4 rings (SSSR count). The molecule has 0 amide bonds. The van der Waals surface area contributed by atoms with E-state index in [0.717, 1.165) is 23.4 Å². The van der Waals surface area contributed by atoms with E-state index in [2.05, 4.69) is 25.5 Å². The molecule has 12 heteroatoms. The molecular weight excluding hydrogens is 453 g/mol. The molecule has 0 spiro atoms. The lowest BCUT2D eigenvalue weighted by Crippen LogP contribution is -2.38. The molecule has 0 atom stereocenters. The Balaban J connectivity index is 1.47. The van der Waals surface area contributed by atoms with Gasteiger partial charge in [0.15, 0.2) is 5.82 Å². The number of hydrogen-bond donors (Lipinski definition) is 2. The molecule has 2 N–H and O–H groups in total. The minimum atomic E-state index is -4.56. The maximum absolute atomic E-state index is 12.9. The van der Waals surface area contributed by atoms with Crippen molar-refractivity contribution in [1.82, 2.24) is 20.2 Å². The van der Waals surface area contributed by atoms with E-state index in [1.165, 1.54) is 0 Å². The van der Waals surface area contributed by atoms with Crippen LogP contribution in [-0.2, 0) is 10.9 Å². The molecule has 0 aliphatic carbocycles. The van der Waals surface area contributed by atoms with Crippen molar-refractivity contribution in [1.29, 1.82) is 0 Å². The fourth-order valence-corrected chi connectivity index (χ4v) is 3.70. The smallest absolute Gasteiger partial charge is 0.450 e. The summed E-state index contributed by atoms with van der Waals surface area (Å²) >= 11 is 0. The van der Waals surface area contributed by atoms with Gasteiger partial charge in [0.25, 0.3) is 0 Å². The van der Waals surface area contributed by atoms with Gasteiger partial charge in [-0.05, 0) is 48.9 Å². The van der Waals surface area contributed by atoms with Gasteiger partial charge in [0.2, 0.25) is 5.95 Å². The summed E-state index contributed by atoms with van der Waals surface area (Å²) in [5.41, 5.74) is 1.66. The maximum Gasteiger partial charge on any atom is 0.506 e. The third-order valence-corrected chi connectivity index (χ3v) is 5.26. The molecule has 2 aromatic heterocycles. The first-order valence-corrected chi connectivity index (χ1v) is 10.4. The van der Waals surface area contributed by atoms with Gasteiger partial charge in [-0.1, -0.05) is 0 Å². The quantitative estimate of drug-likeness (QED) is 0.509. The van der Waals surface area contributed by atoms with Crippen molar-refractivity contribution in [2.45, 2.75) is 32.0 Å². The second kappa shape index (κ2) is 9.49. The van der Waals surface area contributed by atoms with Crippen LogP contribution in [0.25, 0.3) is 11.3 Å². The highest BCUT2D eigenvalue weighted by Crippen LogP contribution is 2.29. The van der Waals surface area contributed by atoms with E-state index in [1.807, 2.05) is 30.0 Å². The summed E-state index contributed by atoms with van der Waals surface area (Å²) < 4.78 is 43.6. The average molecular weight is 474 g/mol. The molecule has 3 aromatic rings. The van der Waals surface area contributed by atoms with Crippen LogP contribution in [0.4, 0.5) is 35.4 Å². The van der Waals surface area contributed by atoms with Crippen molar-refractivity contribution in [3.05, 3.63) is 53.9 Å². The van der Waals surface area contributed by atoms with Crippen molar-refractivity contribution >= 4 is 23.6 Å². The standard InChI is InChI=1S/C22H21F3N6O3/c1-13-10-14(12-15(11-13)27-20-26-7-4-18(28-20)22(23,24)25)17-2-3-19(30-29-17)31-8-5-16(6-9-31)34-21(32)33/h2-4,7,10-12,16H,5-6,8-9H2,1H3,(H,32,33)(H,26,27,28). The lowest BCUT2D eigenvalue weighted by atomic mass is 10.1. The Kier molecular flexibility index (Phi) is 6.48. The lowest BCUT2D eigenvalue weighted by molar-refractivity contribution is -0.141. The van der Waals surface area contributed by atoms with E-state index in [1.54, 1.807) is 12.1 Å². The van der Waals surface area contributed by atoms with Crippen LogP contribution < -0.4 is 10.2 Å². The summed E-state index contributed by atoms with van der Waals surface area (Å²) in [4.78, 5) is 20.1. The van der Waals surface area contributed by atoms with Crippen LogP contribution in [0.2, 0.25) is 0 Å². The number of piperidine rings is 1. The third-order valence-electron chi connectivity index (χ3n) is 5.26. The predicted molar refractivity (Wildman–Crippen MR) is 117 cm³/mol. The van der Waals surface area contributed by atoms with Crippen molar-refractivity contribution in [3.63, 3.8) is 0 Å². The fraction of sp³-hybridized carbons (Fsp3) is 0.318. The van der Waals surface area contributed by atoms with E-state index < -0.39 is 18.0 Å². The average Bonchev–Trinajstić information content (AvgIpc) is 2.79. The number of ether oxygens (including phenoxy) is 1. The second-order valence-corrected chi connectivity index (χ2v) is 7.82. The monoisotopic (exact) mass is 474 g/mol. The number of alkyl halides is 3. The molecule has 1 saturated heterocycles. The van der Waals surface area contributed by atoms with E-state index in [0.29, 0.717) is 43.1 Å². The molecule has 0 bridgehead atoms. The zero-order valence-electron chi connectivity index (χ0n) is 18.1. The zero-order valence-corrected chi connectivity index (χ0v) is 18.1. The first-order valence-electron chi connectivity index (χ1n) is 10.4. The molecule has 0 unspecified atom stereocenters. The number of benzene rings is 1. The Morgan fingerprint density at radius 2 is 1.91 bits per heavy atom. The lowest BCUT2D eigenvalue weighted by Gasteiger charge is -2.31. The van der Waals surface area contributed by atoms with E-state index in [9.17, 15) is 18.0 Å². The number of aromatic nitrogens is 4. The molecule has 178 valence electrons. The molecule has 1 aliphatic heterocycles.